The molecule has 5 heteroatoms. The van der Waals surface area contributed by atoms with Gasteiger partial charge in [-0.15, -0.1) is 0 Å². The minimum Gasteiger partial charge on any atom is -0.493 e. The van der Waals surface area contributed by atoms with Gasteiger partial charge in [-0.3, -0.25) is 9.48 Å². The van der Waals surface area contributed by atoms with Crippen molar-refractivity contribution in [3.63, 3.8) is 0 Å². The summed E-state index contributed by atoms with van der Waals surface area (Å²) in [6, 6.07) is 9.78. The number of hydrogen-bond acceptors (Lipinski definition) is 3. The average molecular weight is 327 g/mol. The number of rotatable bonds is 7. The zero-order valence-corrected chi connectivity index (χ0v) is 14.4. The van der Waals surface area contributed by atoms with E-state index >= 15 is 0 Å². The molecular formula is C19H25N3O2. The van der Waals surface area contributed by atoms with Crippen LogP contribution in [0.1, 0.15) is 47.9 Å². The van der Waals surface area contributed by atoms with Gasteiger partial charge in [-0.1, -0.05) is 25.5 Å². The Kier molecular flexibility index (Phi) is 5.18. The first kappa shape index (κ1) is 16.6. The van der Waals surface area contributed by atoms with Crippen LogP contribution in [0.2, 0.25) is 0 Å². The first-order valence-electron chi connectivity index (χ1n) is 8.68. The van der Waals surface area contributed by atoms with Crippen LogP contribution in [0.4, 0.5) is 0 Å². The van der Waals surface area contributed by atoms with Gasteiger partial charge in [-0.2, -0.15) is 5.10 Å². The van der Waals surface area contributed by atoms with Crippen molar-refractivity contribution in [3.8, 4) is 5.75 Å². The maximum Gasteiger partial charge on any atom is 0.269 e. The highest BCUT2D eigenvalue weighted by Crippen LogP contribution is 2.27. The van der Waals surface area contributed by atoms with Crippen molar-refractivity contribution in [2.24, 2.45) is 13.0 Å². The van der Waals surface area contributed by atoms with Crippen molar-refractivity contribution >= 4 is 5.91 Å². The van der Waals surface area contributed by atoms with Gasteiger partial charge in [-0.25, -0.2) is 0 Å². The maximum atomic E-state index is 12.3. The van der Waals surface area contributed by atoms with E-state index < -0.39 is 0 Å². The molecule has 1 fully saturated rings. The fourth-order valence-electron chi connectivity index (χ4n) is 2.80. The molecule has 1 N–H and O–H groups in total. The Labute approximate surface area is 143 Å². The number of nitrogens with zero attached hydrogens (tertiary/aromatic N) is 2. The molecule has 1 aliphatic carbocycles. The van der Waals surface area contributed by atoms with Crippen molar-refractivity contribution in [2.75, 3.05) is 6.61 Å². The summed E-state index contributed by atoms with van der Waals surface area (Å²) in [7, 11) is 1.79. The summed E-state index contributed by atoms with van der Waals surface area (Å²) in [5.41, 5.74) is 2.55. The van der Waals surface area contributed by atoms with E-state index in [-0.39, 0.29) is 5.91 Å². The molecule has 3 rings (SSSR count). The molecule has 2 aromatic rings. The topological polar surface area (TPSA) is 56.1 Å². The van der Waals surface area contributed by atoms with E-state index in [1.165, 1.54) is 19.3 Å². The molecule has 1 saturated carbocycles. The molecule has 0 unspecified atom stereocenters. The second-order valence-corrected chi connectivity index (χ2v) is 6.44. The summed E-state index contributed by atoms with van der Waals surface area (Å²) in [6.45, 7) is 3.30. The van der Waals surface area contributed by atoms with Crippen LogP contribution in [0.5, 0.6) is 5.75 Å². The van der Waals surface area contributed by atoms with Gasteiger partial charge in [0.1, 0.15) is 11.4 Å². The predicted octanol–water partition coefficient (Wildman–Crippen LogP) is 3.09. The lowest BCUT2D eigenvalue weighted by atomic mass is 9.86. The molecule has 1 aromatic carbocycles. The van der Waals surface area contributed by atoms with Gasteiger partial charge in [0.2, 0.25) is 0 Å². The lowest BCUT2D eigenvalue weighted by molar-refractivity contribution is 0.0941. The average Bonchev–Trinajstić information content (AvgIpc) is 2.93. The Balaban J connectivity index is 1.55. The molecule has 128 valence electrons. The van der Waals surface area contributed by atoms with Crippen LogP contribution in [-0.2, 0) is 20.0 Å². The molecule has 1 heterocycles. The molecule has 5 nitrogen and oxygen atoms in total. The lowest BCUT2D eigenvalue weighted by Gasteiger charge is -2.25. The monoisotopic (exact) mass is 327 g/mol. The summed E-state index contributed by atoms with van der Waals surface area (Å²) in [4.78, 5) is 12.3. The van der Waals surface area contributed by atoms with E-state index in [0.717, 1.165) is 30.0 Å². The van der Waals surface area contributed by atoms with Gasteiger partial charge in [0, 0.05) is 13.6 Å². The maximum absolute atomic E-state index is 12.3. The van der Waals surface area contributed by atoms with Crippen molar-refractivity contribution in [2.45, 2.75) is 39.2 Å². The molecular weight excluding hydrogens is 302 g/mol. The minimum absolute atomic E-state index is 0.106. The van der Waals surface area contributed by atoms with Gasteiger partial charge in [0.25, 0.3) is 5.91 Å². The quantitative estimate of drug-likeness (QED) is 0.850. The third kappa shape index (κ3) is 3.96. The molecule has 1 aromatic heterocycles. The second kappa shape index (κ2) is 7.51. The summed E-state index contributed by atoms with van der Waals surface area (Å²) in [5, 5.41) is 7.26. The number of ether oxygens (including phenoxy) is 1. The van der Waals surface area contributed by atoms with Gasteiger partial charge in [0.15, 0.2) is 0 Å². The SMILES string of the molecule is CCc1cc(C(=O)NCc2cccc(OCC3CCC3)c2)n(C)n1. The van der Waals surface area contributed by atoms with E-state index in [4.69, 9.17) is 4.74 Å². The fraction of sp³-hybridized carbons (Fsp3) is 0.474. The van der Waals surface area contributed by atoms with Crippen molar-refractivity contribution < 1.29 is 9.53 Å². The largest absolute Gasteiger partial charge is 0.493 e. The third-order valence-corrected chi connectivity index (χ3v) is 4.59. The summed E-state index contributed by atoms with van der Waals surface area (Å²) < 4.78 is 7.48. The fourth-order valence-corrected chi connectivity index (χ4v) is 2.80. The first-order valence-corrected chi connectivity index (χ1v) is 8.68. The highest BCUT2D eigenvalue weighted by Gasteiger charge is 2.18. The number of aromatic nitrogens is 2. The standard InChI is InChI=1S/C19H25N3O2/c1-3-16-11-18(22(2)21-16)19(23)20-12-15-8-5-9-17(10-15)24-13-14-6-4-7-14/h5,8-11,14H,3-4,6-7,12-13H2,1-2H3,(H,20,23). The number of carbonyl (C=O) groups is 1. The Morgan fingerprint density at radius 2 is 2.21 bits per heavy atom. The number of hydrogen-bond donors (Lipinski definition) is 1. The highest BCUT2D eigenvalue weighted by molar-refractivity contribution is 5.92. The smallest absolute Gasteiger partial charge is 0.269 e. The molecule has 0 aliphatic heterocycles. The van der Waals surface area contributed by atoms with E-state index in [1.54, 1.807) is 11.7 Å². The van der Waals surface area contributed by atoms with Crippen LogP contribution in [0.15, 0.2) is 30.3 Å². The lowest BCUT2D eigenvalue weighted by Crippen LogP contribution is -2.25. The molecule has 0 radical (unpaired) electrons. The minimum atomic E-state index is -0.106. The Morgan fingerprint density at radius 1 is 1.38 bits per heavy atom. The zero-order valence-electron chi connectivity index (χ0n) is 14.4. The van der Waals surface area contributed by atoms with E-state index in [9.17, 15) is 4.79 Å². The number of amides is 1. The number of carbonyl (C=O) groups excluding carboxylic acids is 1. The van der Waals surface area contributed by atoms with Crippen molar-refractivity contribution in [1.29, 1.82) is 0 Å². The molecule has 0 saturated heterocycles. The Hall–Kier alpha value is -2.30. The van der Waals surface area contributed by atoms with Crippen molar-refractivity contribution in [3.05, 3.63) is 47.3 Å². The predicted molar refractivity (Wildman–Crippen MR) is 93.0 cm³/mol. The molecule has 1 aliphatic rings. The second-order valence-electron chi connectivity index (χ2n) is 6.44. The number of aryl methyl sites for hydroxylation is 2. The molecule has 0 spiro atoms. The summed E-state index contributed by atoms with van der Waals surface area (Å²) >= 11 is 0. The van der Waals surface area contributed by atoms with Crippen LogP contribution in [-0.4, -0.2) is 22.3 Å². The van der Waals surface area contributed by atoms with Crippen LogP contribution in [0, 0.1) is 5.92 Å². The van der Waals surface area contributed by atoms with Crippen molar-refractivity contribution in [1.82, 2.24) is 15.1 Å². The Bertz CT molecular complexity index is 704. The zero-order chi connectivity index (χ0) is 16.9. The first-order chi connectivity index (χ1) is 11.7. The Morgan fingerprint density at radius 3 is 2.88 bits per heavy atom. The van der Waals surface area contributed by atoms with Crippen LogP contribution in [0.25, 0.3) is 0 Å². The van der Waals surface area contributed by atoms with Crippen LogP contribution in [0.3, 0.4) is 0 Å². The summed E-state index contributed by atoms with van der Waals surface area (Å²) in [6.07, 6.45) is 4.70. The van der Waals surface area contributed by atoms with Gasteiger partial charge in [0.05, 0.1) is 12.3 Å². The van der Waals surface area contributed by atoms with E-state index in [1.807, 2.05) is 37.3 Å². The molecule has 1 amide bonds. The van der Waals surface area contributed by atoms with Crippen LogP contribution < -0.4 is 10.1 Å². The van der Waals surface area contributed by atoms with Gasteiger partial charge < -0.3 is 10.1 Å². The van der Waals surface area contributed by atoms with Crippen LogP contribution >= 0.6 is 0 Å². The summed E-state index contributed by atoms with van der Waals surface area (Å²) in [5.74, 6) is 1.49. The number of nitrogens with one attached hydrogen (secondary N) is 1. The van der Waals surface area contributed by atoms with Gasteiger partial charge in [-0.05, 0) is 48.9 Å². The van der Waals surface area contributed by atoms with Gasteiger partial charge >= 0.3 is 0 Å². The van der Waals surface area contributed by atoms with E-state index in [2.05, 4.69) is 10.4 Å². The van der Waals surface area contributed by atoms with E-state index in [0.29, 0.717) is 18.2 Å². The molecule has 24 heavy (non-hydrogen) atoms. The molecule has 0 bridgehead atoms. The third-order valence-electron chi connectivity index (χ3n) is 4.59. The molecule has 0 atom stereocenters. The normalized spacial score (nSPS) is 14.2. The highest BCUT2D eigenvalue weighted by atomic mass is 16.5. The number of benzene rings is 1.